The number of nitrogens with zero attached hydrogens (tertiary/aromatic N) is 5. The molecule has 2 N–H and O–H groups in total. The molecule has 0 saturated carbocycles. The van der Waals surface area contributed by atoms with E-state index in [9.17, 15) is 0 Å². The van der Waals surface area contributed by atoms with Crippen molar-refractivity contribution in [2.75, 3.05) is 11.9 Å². The summed E-state index contributed by atoms with van der Waals surface area (Å²) in [6.45, 7) is 5.69. The molecule has 0 aliphatic rings. The van der Waals surface area contributed by atoms with Crippen LogP contribution in [0.3, 0.4) is 0 Å². The smallest absolute Gasteiger partial charge is 0.235 e. The summed E-state index contributed by atoms with van der Waals surface area (Å²) in [6.07, 6.45) is 6.13. The quantitative estimate of drug-likeness (QED) is 0.721. The molecule has 0 atom stereocenters. The maximum absolute atomic E-state index is 5.82. The molecule has 8 heteroatoms. The molecular weight excluding hydrogens is 270 g/mol. The van der Waals surface area contributed by atoms with Gasteiger partial charge in [-0.3, -0.25) is 9.78 Å². The van der Waals surface area contributed by atoms with Crippen LogP contribution in [-0.2, 0) is 6.54 Å². The van der Waals surface area contributed by atoms with Crippen molar-refractivity contribution in [2.45, 2.75) is 26.8 Å². The number of aromatic amines is 1. The van der Waals surface area contributed by atoms with Crippen molar-refractivity contribution in [1.82, 2.24) is 29.9 Å². The number of aryl methyl sites for hydroxylation is 1. The fourth-order valence-electron chi connectivity index (χ4n) is 1.88. The van der Waals surface area contributed by atoms with Gasteiger partial charge < -0.3 is 10.1 Å². The maximum Gasteiger partial charge on any atom is 0.235 e. The minimum absolute atomic E-state index is 0.461. The highest BCUT2D eigenvalue weighted by Gasteiger charge is 2.12. The molecule has 0 aliphatic heterocycles. The van der Waals surface area contributed by atoms with E-state index in [-0.39, 0.29) is 0 Å². The molecule has 0 amide bonds. The standard InChI is InChI=1S/C13H17N7O/c1-3-5-14-13-17-11-10(7-15-19-11)12(18-13)21-9-6-16-20(4-2)8-9/h6-8H,3-5H2,1-2H3,(H2,14,15,17,18,19). The first-order valence-electron chi connectivity index (χ1n) is 6.95. The lowest BCUT2D eigenvalue weighted by atomic mass is 10.4. The van der Waals surface area contributed by atoms with Crippen LogP contribution in [0.15, 0.2) is 18.6 Å². The van der Waals surface area contributed by atoms with Crippen molar-refractivity contribution in [1.29, 1.82) is 0 Å². The Balaban J connectivity index is 1.93. The van der Waals surface area contributed by atoms with Gasteiger partial charge >= 0.3 is 0 Å². The minimum Gasteiger partial charge on any atom is -0.435 e. The number of fused-ring (bicyclic) bond motifs is 1. The zero-order chi connectivity index (χ0) is 14.7. The summed E-state index contributed by atoms with van der Waals surface area (Å²) in [6, 6.07) is 0. The molecule has 3 heterocycles. The Hall–Kier alpha value is -2.64. The second kappa shape index (κ2) is 5.78. The van der Waals surface area contributed by atoms with E-state index in [1.807, 2.05) is 13.1 Å². The predicted molar refractivity (Wildman–Crippen MR) is 78.4 cm³/mol. The fraction of sp³-hybridized carbons (Fsp3) is 0.385. The first kappa shape index (κ1) is 13.3. The molecule has 3 aromatic heterocycles. The Morgan fingerprint density at radius 3 is 2.95 bits per heavy atom. The predicted octanol–water partition coefficient (Wildman–Crippen LogP) is 2.18. The van der Waals surface area contributed by atoms with Gasteiger partial charge in [0.25, 0.3) is 0 Å². The maximum atomic E-state index is 5.82. The van der Waals surface area contributed by atoms with Gasteiger partial charge in [0.1, 0.15) is 5.39 Å². The third-order valence-electron chi connectivity index (χ3n) is 2.96. The lowest BCUT2D eigenvalue weighted by molar-refractivity contribution is 0.467. The van der Waals surface area contributed by atoms with Gasteiger partial charge in [0.05, 0.1) is 18.6 Å². The number of aromatic nitrogens is 6. The summed E-state index contributed by atoms with van der Waals surface area (Å²) in [5.74, 6) is 1.62. The molecular formula is C13H17N7O. The molecule has 0 unspecified atom stereocenters. The second-order valence-electron chi connectivity index (χ2n) is 4.55. The first-order chi connectivity index (χ1) is 10.3. The van der Waals surface area contributed by atoms with Crippen LogP contribution in [0.4, 0.5) is 5.95 Å². The number of hydrogen-bond donors (Lipinski definition) is 2. The summed E-state index contributed by atoms with van der Waals surface area (Å²) in [7, 11) is 0. The van der Waals surface area contributed by atoms with Crippen LogP contribution in [0.1, 0.15) is 20.3 Å². The lowest BCUT2D eigenvalue weighted by Gasteiger charge is -2.07. The highest BCUT2D eigenvalue weighted by Crippen LogP contribution is 2.27. The molecule has 0 bridgehead atoms. The Bertz CT molecular complexity index is 733. The average Bonchev–Trinajstić information content (AvgIpc) is 3.13. The lowest BCUT2D eigenvalue weighted by Crippen LogP contribution is -2.05. The third kappa shape index (κ3) is 2.78. The van der Waals surface area contributed by atoms with Crippen molar-refractivity contribution in [3.05, 3.63) is 18.6 Å². The topological polar surface area (TPSA) is 93.5 Å². The van der Waals surface area contributed by atoms with E-state index in [0.717, 1.165) is 24.9 Å². The van der Waals surface area contributed by atoms with Crippen molar-refractivity contribution in [3.8, 4) is 11.6 Å². The van der Waals surface area contributed by atoms with E-state index >= 15 is 0 Å². The number of H-pyrrole nitrogens is 1. The summed E-state index contributed by atoms with van der Waals surface area (Å²) in [4.78, 5) is 8.75. The monoisotopic (exact) mass is 287 g/mol. The Morgan fingerprint density at radius 2 is 2.19 bits per heavy atom. The van der Waals surface area contributed by atoms with Gasteiger partial charge in [-0.1, -0.05) is 6.92 Å². The van der Waals surface area contributed by atoms with Crippen LogP contribution in [0.25, 0.3) is 11.0 Å². The number of nitrogens with one attached hydrogen (secondary N) is 2. The van der Waals surface area contributed by atoms with Gasteiger partial charge in [-0.25, -0.2) is 0 Å². The van der Waals surface area contributed by atoms with E-state index in [4.69, 9.17) is 4.74 Å². The zero-order valence-corrected chi connectivity index (χ0v) is 12.0. The third-order valence-corrected chi connectivity index (χ3v) is 2.96. The molecule has 0 aromatic carbocycles. The molecule has 3 rings (SSSR count). The normalized spacial score (nSPS) is 11.0. The van der Waals surface area contributed by atoms with Crippen molar-refractivity contribution < 1.29 is 4.74 Å². The van der Waals surface area contributed by atoms with E-state index < -0.39 is 0 Å². The largest absolute Gasteiger partial charge is 0.435 e. The molecule has 110 valence electrons. The van der Waals surface area contributed by atoms with Crippen LogP contribution in [0.2, 0.25) is 0 Å². The number of rotatable bonds is 6. The second-order valence-corrected chi connectivity index (χ2v) is 4.55. The zero-order valence-electron chi connectivity index (χ0n) is 12.0. The summed E-state index contributed by atoms with van der Waals surface area (Å²) in [5.41, 5.74) is 0.640. The van der Waals surface area contributed by atoms with E-state index in [2.05, 4.69) is 37.5 Å². The van der Waals surface area contributed by atoms with Gasteiger partial charge in [0.2, 0.25) is 11.8 Å². The molecule has 21 heavy (non-hydrogen) atoms. The SMILES string of the molecule is CCCNc1nc(Oc2cnn(CC)c2)c2cn[nH]c2n1. The van der Waals surface area contributed by atoms with Crippen molar-refractivity contribution >= 4 is 17.0 Å². The fourth-order valence-corrected chi connectivity index (χ4v) is 1.88. The molecule has 0 saturated heterocycles. The van der Waals surface area contributed by atoms with Gasteiger partial charge in [-0.2, -0.15) is 20.2 Å². The molecule has 0 aliphatic carbocycles. The summed E-state index contributed by atoms with van der Waals surface area (Å²) in [5, 5.41) is 14.9. The van der Waals surface area contributed by atoms with Gasteiger partial charge in [-0.15, -0.1) is 0 Å². The number of anilines is 1. The summed E-state index contributed by atoms with van der Waals surface area (Å²) < 4.78 is 7.61. The van der Waals surface area contributed by atoms with E-state index in [1.54, 1.807) is 17.1 Å². The van der Waals surface area contributed by atoms with Gasteiger partial charge in [-0.05, 0) is 13.3 Å². The van der Waals surface area contributed by atoms with Crippen molar-refractivity contribution in [2.24, 2.45) is 0 Å². The minimum atomic E-state index is 0.461. The molecule has 0 radical (unpaired) electrons. The van der Waals surface area contributed by atoms with Crippen LogP contribution in [0.5, 0.6) is 11.6 Å². The Morgan fingerprint density at radius 1 is 1.29 bits per heavy atom. The molecule has 3 aromatic rings. The average molecular weight is 287 g/mol. The summed E-state index contributed by atoms with van der Waals surface area (Å²) >= 11 is 0. The van der Waals surface area contributed by atoms with E-state index in [0.29, 0.717) is 23.2 Å². The van der Waals surface area contributed by atoms with E-state index in [1.165, 1.54) is 0 Å². The molecule has 0 spiro atoms. The van der Waals surface area contributed by atoms with Crippen LogP contribution in [0, 0.1) is 0 Å². The highest BCUT2D eigenvalue weighted by molar-refractivity contribution is 5.80. The Kier molecular flexibility index (Phi) is 3.67. The number of ether oxygens (including phenoxy) is 1. The first-order valence-corrected chi connectivity index (χ1v) is 6.95. The van der Waals surface area contributed by atoms with Crippen LogP contribution < -0.4 is 10.1 Å². The van der Waals surface area contributed by atoms with Gasteiger partial charge in [0.15, 0.2) is 11.4 Å². The molecule has 8 nitrogen and oxygen atoms in total. The highest BCUT2D eigenvalue weighted by atomic mass is 16.5. The number of hydrogen-bond acceptors (Lipinski definition) is 6. The van der Waals surface area contributed by atoms with Crippen molar-refractivity contribution in [3.63, 3.8) is 0 Å². The van der Waals surface area contributed by atoms with Gasteiger partial charge in [0, 0.05) is 13.1 Å². The van der Waals surface area contributed by atoms with Crippen LogP contribution in [-0.4, -0.2) is 36.5 Å². The van der Waals surface area contributed by atoms with Crippen LogP contribution >= 0.6 is 0 Å². The Labute approximate surface area is 121 Å². The molecule has 0 fully saturated rings.